The fraction of sp³-hybridized carbons (Fsp3) is 0.652. The predicted molar refractivity (Wildman–Crippen MR) is 112 cm³/mol. The van der Waals surface area contributed by atoms with Crippen LogP contribution >= 0.6 is 0 Å². The summed E-state index contributed by atoms with van der Waals surface area (Å²) in [5, 5.41) is 0. The molecule has 1 aromatic carbocycles. The van der Waals surface area contributed by atoms with Gasteiger partial charge < -0.3 is 14.5 Å². The Hall–Kier alpha value is -2.08. The second kappa shape index (κ2) is 9.16. The monoisotopic (exact) mass is 399 g/mol. The van der Waals surface area contributed by atoms with Crippen molar-refractivity contribution in [3.63, 3.8) is 0 Å². The predicted octanol–water partition coefficient (Wildman–Crippen LogP) is 2.52. The second-order valence-corrected chi connectivity index (χ2v) is 8.69. The molecule has 0 aromatic heterocycles. The zero-order chi connectivity index (χ0) is 20.2. The first-order valence-electron chi connectivity index (χ1n) is 11.1. The number of likely N-dealkylation sites (tertiary alicyclic amines) is 1. The molecule has 0 spiro atoms. The SMILES string of the molecule is COc1ccc(CN2CCCN(C(=O)C3CC(=O)N(C4CCCC4)C3)CC2)cc1. The molecule has 3 aliphatic rings. The third-order valence-electron chi connectivity index (χ3n) is 6.74. The quantitative estimate of drug-likeness (QED) is 0.764. The highest BCUT2D eigenvalue weighted by Crippen LogP contribution is 2.30. The summed E-state index contributed by atoms with van der Waals surface area (Å²) >= 11 is 0. The summed E-state index contributed by atoms with van der Waals surface area (Å²) in [6.07, 6.45) is 6.02. The number of hydrogen-bond donors (Lipinski definition) is 0. The summed E-state index contributed by atoms with van der Waals surface area (Å²) in [6, 6.07) is 8.58. The largest absolute Gasteiger partial charge is 0.497 e. The number of ether oxygens (including phenoxy) is 1. The van der Waals surface area contributed by atoms with Crippen LogP contribution in [0, 0.1) is 5.92 Å². The first-order valence-corrected chi connectivity index (χ1v) is 11.1. The van der Waals surface area contributed by atoms with E-state index < -0.39 is 0 Å². The van der Waals surface area contributed by atoms with Crippen molar-refractivity contribution in [2.45, 2.75) is 51.1 Å². The van der Waals surface area contributed by atoms with Crippen molar-refractivity contribution in [1.29, 1.82) is 0 Å². The Morgan fingerprint density at radius 2 is 1.79 bits per heavy atom. The molecular formula is C23H33N3O3. The van der Waals surface area contributed by atoms with Gasteiger partial charge in [0.15, 0.2) is 0 Å². The maximum Gasteiger partial charge on any atom is 0.228 e. The summed E-state index contributed by atoms with van der Waals surface area (Å²) < 4.78 is 5.23. The number of carbonyl (C=O) groups excluding carboxylic acids is 2. The van der Waals surface area contributed by atoms with E-state index in [1.165, 1.54) is 18.4 Å². The van der Waals surface area contributed by atoms with Crippen LogP contribution in [0.1, 0.15) is 44.1 Å². The van der Waals surface area contributed by atoms with Crippen molar-refractivity contribution in [3.8, 4) is 5.75 Å². The third kappa shape index (κ3) is 4.74. The number of rotatable bonds is 5. The normalized spacial score (nSPS) is 24.2. The van der Waals surface area contributed by atoms with Gasteiger partial charge in [0.2, 0.25) is 11.8 Å². The van der Waals surface area contributed by atoms with Crippen molar-refractivity contribution >= 4 is 11.8 Å². The van der Waals surface area contributed by atoms with Gasteiger partial charge in [0, 0.05) is 51.7 Å². The fourth-order valence-electron chi connectivity index (χ4n) is 5.06. The molecule has 29 heavy (non-hydrogen) atoms. The molecule has 158 valence electrons. The minimum atomic E-state index is -0.142. The van der Waals surface area contributed by atoms with Gasteiger partial charge in [-0.2, -0.15) is 0 Å². The van der Waals surface area contributed by atoms with E-state index in [1.807, 2.05) is 21.9 Å². The smallest absolute Gasteiger partial charge is 0.228 e. The van der Waals surface area contributed by atoms with E-state index in [1.54, 1.807) is 7.11 Å². The number of nitrogens with zero attached hydrogens (tertiary/aromatic N) is 3. The average Bonchev–Trinajstić information content (AvgIpc) is 3.33. The van der Waals surface area contributed by atoms with E-state index in [4.69, 9.17) is 4.74 Å². The Kier molecular flexibility index (Phi) is 6.38. The van der Waals surface area contributed by atoms with Crippen LogP contribution in [0.2, 0.25) is 0 Å². The number of hydrogen-bond acceptors (Lipinski definition) is 4. The van der Waals surface area contributed by atoms with E-state index >= 15 is 0 Å². The van der Waals surface area contributed by atoms with Gasteiger partial charge in [0.1, 0.15) is 5.75 Å². The topological polar surface area (TPSA) is 53.1 Å². The molecule has 2 aliphatic heterocycles. The fourth-order valence-corrected chi connectivity index (χ4v) is 5.06. The summed E-state index contributed by atoms with van der Waals surface area (Å²) in [5.41, 5.74) is 1.26. The highest BCUT2D eigenvalue weighted by molar-refractivity contribution is 5.89. The maximum atomic E-state index is 13.1. The van der Waals surface area contributed by atoms with Gasteiger partial charge in [-0.25, -0.2) is 0 Å². The molecule has 1 unspecified atom stereocenters. The molecule has 1 saturated carbocycles. The van der Waals surface area contributed by atoms with E-state index in [0.29, 0.717) is 19.0 Å². The van der Waals surface area contributed by atoms with Crippen LogP contribution in [0.3, 0.4) is 0 Å². The Morgan fingerprint density at radius 1 is 1.03 bits per heavy atom. The molecule has 0 N–H and O–H groups in total. The van der Waals surface area contributed by atoms with Crippen molar-refractivity contribution in [3.05, 3.63) is 29.8 Å². The second-order valence-electron chi connectivity index (χ2n) is 8.69. The zero-order valence-corrected chi connectivity index (χ0v) is 17.5. The van der Waals surface area contributed by atoms with Crippen molar-refractivity contribution < 1.29 is 14.3 Å². The summed E-state index contributed by atoms with van der Waals surface area (Å²) in [4.78, 5) is 32.0. The highest BCUT2D eigenvalue weighted by atomic mass is 16.5. The molecule has 4 rings (SSSR count). The Labute approximate surface area is 173 Å². The number of amides is 2. The molecular weight excluding hydrogens is 366 g/mol. The minimum absolute atomic E-state index is 0.142. The lowest BCUT2D eigenvalue weighted by molar-refractivity contribution is -0.135. The van der Waals surface area contributed by atoms with Crippen molar-refractivity contribution in [2.75, 3.05) is 39.8 Å². The van der Waals surface area contributed by atoms with Crippen LogP contribution in [0.15, 0.2) is 24.3 Å². The Balaban J connectivity index is 1.29. The van der Waals surface area contributed by atoms with Gasteiger partial charge >= 0.3 is 0 Å². The molecule has 0 bridgehead atoms. The zero-order valence-electron chi connectivity index (χ0n) is 17.5. The van der Waals surface area contributed by atoms with Gasteiger partial charge in [-0.15, -0.1) is 0 Å². The van der Waals surface area contributed by atoms with Crippen LogP contribution in [0.25, 0.3) is 0 Å². The summed E-state index contributed by atoms with van der Waals surface area (Å²) in [7, 11) is 1.68. The molecule has 1 aliphatic carbocycles. The van der Waals surface area contributed by atoms with Crippen LogP contribution in [-0.4, -0.2) is 72.4 Å². The lowest BCUT2D eigenvalue weighted by Gasteiger charge is -2.26. The van der Waals surface area contributed by atoms with Gasteiger partial charge in [-0.3, -0.25) is 14.5 Å². The van der Waals surface area contributed by atoms with Crippen molar-refractivity contribution in [1.82, 2.24) is 14.7 Å². The molecule has 6 heteroatoms. The molecule has 3 fully saturated rings. The van der Waals surface area contributed by atoms with E-state index in [-0.39, 0.29) is 17.7 Å². The molecule has 1 atom stereocenters. The lowest BCUT2D eigenvalue weighted by atomic mass is 10.1. The molecule has 2 heterocycles. The van der Waals surface area contributed by atoms with Gasteiger partial charge in [0.05, 0.1) is 13.0 Å². The van der Waals surface area contributed by atoms with Crippen LogP contribution < -0.4 is 4.74 Å². The first kappa shape index (κ1) is 20.2. The highest BCUT2D eigenvalue weighted by Gasteiger charge is 2.40. The lowest BCUT2D eigenvalue weighted by Crippen LogP contribution is -2.40. The molecule has 2 saturated heterocycles. The van der Waals surface area contributed by atoms with E-state index in [9.17, 15) is 9.59 Å². The molecule has 2 amide bonds. The maximum absolute atomic E-state index is 13.1. The first-order chi connectivity index (χ1) is 14.1. The van der Waals surface area contributed by atoms with Crippen LogP contribution in [0.4, 0.5) is 0 Å². The third-order valence-corrected chi connectivity index (χ3v) is 6.74. The molecule has 0 radical (unpaired) electrons. The number of benzene rings is 1. The van der Waals surface area contributed by atoms with Crippen molar-refractivity contribution in [2.24, 2.45) is 5.92 Å². The summed E-state index contributed by atoms with van der Waals surface area (Å²) in [6.45, 7) is 4.95. The van der Waals surface area contributed by atoms with E-state index in [0.717, 1.165) is 57.7 Å². The van der Waals surface area contributed by atoms with E-state index in [2.05, 4.69) is 17.0 Å². The Morgan fingerprint density at radius 3 is 2.52 bits per heavy atom. The summed E-state index contributed by atoms with van der Waals surface area (Å²) in [5.74, 6) is 1.10. The minimum Gasteiger partial charge on any atom is -0.497 e. The standard InChI is InChI=1S/C23H33N3O3/c1-29-21-9-7-18(8-10-21)16-24-11-4-12-25(14-13-24)23(28)19-15-22(27)26(17-19)20-5-2-3-6-20/h7-10,19-20H,2-6,11-17H2,1H3. The Bertz CT molecular complexity index is 715. The van der Waals surface area contributed by atoms with Gasteiger partial charge in [-0.05, 0) is 37.0 Å². The average molecular weight is 400 g/mol. The molecule has 6 nitrogen and oxygen atoms in total. The molecule has 1 aromatic rings. The van der Waals surface area contributed by atoms with Gasteiger partial charge in [-0.1, -0.05) is 25.0 Å². The van der Waals surface area contributed by atoms with Crippen LogP contribution in [-0.2, 0) is 16.1 Å². The van der Waals surface area contributed by atoms with Gasteiger partial charge in [0.25, 0.3) is 0 Å². The number of methoxy groups -OCH3 is 1. The van der Waals surface area contributed by atoms with Crippen LogP contribution in [0.5, 0.6) is 5.75 Å². The number of carbonyl (C=O) groups is 2.